The highest BCUT2D eigenvalue weighted by Gasteiger charge is 2.21. The third-order valence-corrected chi connectivity index (χ3v) is 6.54. The van der Waals surface area contributed by atoms with Crippen molar-refractivity contribution in [3.05, 3.63) is 90.5 Å². The lowest BCUT2D eigenvalue weighted by atomic mass is 10.2. The Morgan fingerprint density at radius 1 is 0.744 bits per heavy atom. The minimum atomic E-state index is -4.02. The van der Waals surface area contributed by atoms with Crippen molar-refractivity contribution in [2.24, 2.45) is 0 Å². The van der Waals surface area contributed by atoms with E-state index in [2.05, 4.69) is 0 Å². The fourth-order valence-corrected chi connectivity index (χ4v) is 3.55. The largest absolute Gasteiger partial charge is 0.514 e. The number of nitrogens with zero attached hydrogens (tertiary/aromatic N) is 1. The van der Waals surface area contributed by atoms with Gasteiger partial charge in [0.15, 0.2) is 0 Å². The Bertz CT molecular complexity index is 1210. The second-order valence-corrected chi connectivity index (χ2v) is 10.1. The van der Waals surface area contributed by atoms with Gasteiger partial charge in [0, 0.05) is 0 Å². The molecule has 0 fully saturated rings. The summed E-state index contributed by atoms with van der Waals surface area (Å²) in [6.07, 6.45) is -1.48. The molecule has 39 heavy (non-hydrogen) atoms. The predicted octanol–water partition coefficient (Wildman–Crippen LogP) is 5.13. The van der Waals surface area contributed by atoms with Gasteiger partial charge in [-0.3, -0.25) is 4.55 Å². The Balaban J connectivity index is 0.000000404. The summed E-state index contributed by atoms with van der Waals surface area (Å²) >= 11 is 0. The van der Waals surface area contributed by atoms with E-state index in [9.17, 15) is 18.0 Å². The molecule has 11 heteroatoms. The fraction of sp³-hybridized carbons (Fsp3) is 0.286. The lowest BCUT2D eigenvalue weighted by molar-refractivity contribution is -0.908. The molecule has 0 amide bonds. The lowest BCUT2D eigenvalue weighted by Gasteiger charge is -2.32. The third kappa shape index (κ3) is 12.4. The smallest absolute Gasteiger partial charge is 0.428 e. The van der Waals surface area contributed by atoms with E-state index in [1.165, 1.54) is 12.1 Å². The minimum Gasteiger partial charge on any atom is -0.428 e. The van der Waals surface area contributed by atoms with Gasteiger partial charge in [0.1, 0.15) is 37.8 Å². The van der Waals surface area contributed by atoms with Crippen LogP contribution in [0, 0.1) is 6.92 Å². The van der Waals surface area contributed by atoms with Crippen molar-refractivity contribution in [2.45, 2.75) is 18.7 Å². The van der Waals surface area contributed by atoms with E-state index < -0.39 is 22.4 Å². The molecule has 0 aliphatic carbocycles. The first kappa shape index (κ1) is 31.3. The second kappa shape index (κ2) is 15.5. The topological polar surface area (TPSA) is 125 Å². The molecule has 0 heterocycles. The molecule has 0 atom stereocenters. The zero-order valence-corrected chi connectivity index (χ0v) is 23.0. The molecular weight excluding hydrogens is 526 g/mol. The maximum absolute atomic E-state index is 11.7. The van der Waals surface area contributed by atoms with Crippen LogP contribution in [0.15, 0.2) is 89.8 Å². The Kier molecular flexibility index (Phi) is 12.4. The summed E-state index contributed by atoms with van der Waals surface area (Å²) < 4.78 is 50.6. The number of hydrogen-bond acceptors (Lipinski definition) is 8. The van der Waals surface area contributed by atoms with E-state index in [0.717, 1.165) is 12.1 Å². The number of benzene rings is 3. The SMILES string of the molecule is CC[N+](C)(CCOC(=O)Oc1ccccc1)CCOC(=O)Oc1ccccc1.Cc1ccc(S(=O)(=O)O)cc1. The molecule has 10 nitrogen and oxygen atoms in total. The van der Waals surface area contributed by atoms with Crippen LogP contribution in [-0.2, 0) is 19.6 Å². The number of hydrogen-bond donors (Lipinski definition) is 1. The minimum absolute atomic E-state index is 0.0666. The average molecular weight is 561 g/mol. The summed E-state index contributed by atoms with van der Waals surface area (Å²) in [6.45, 7) is 6.18. The van der Waals surface area contributed by atoms with Gasteiger partial charge < -0.3 is 23.4 Å². The van der Waals surface area contributed by atoms with Crippen molar-refractivity contribution < 1.29 is 46.0 Å². The first-order chi connectivity index (χ1) is 18.5. The van der Waals surface area contributed by atoms with Crippen LogP contribution in [0.2, 0.25) is 0 Å². The van der Waals surface area contributed by atoms with Crippen molar-refractivity contribution in [3.63, 3.8) is 0 Å². The Morgan fingerprint density at radius 2 is 1.15 bits per heavy atom. The third-order valence-electron chi connectivity index (χ3n) is 5.67. The Hall–Kier alpha value is -3.93. The molecule has 210 valence electrons. The first-order valence-electron chi connectivity index (χ1n) is 12.2. The van der Waals surface area contributed by atoms with Gasteiger partial charge in [-0.15, -0.1) is 0 Å². The van der Waals surface area contributed by atoms with Crippen LogP contribution in [-0.4, -0.2) is 69.7 Å². The van der Waals surface area contributed by atoms with Crippen molar-refractivity contribution in [2.75, 3.05) is 39.9 Å². The Labute approximate surface area is 229 Å². The van der Waals surface area contributed by atoms with Crippen molar-refractivity contribution in [3.8, 4) is 11.5 Å². The number of likely N-dealkylation sites (N-methyl/N-ethyl adjacent to an activating group) is 1. The highest BCUT2D eigenvalue weighted by atomic mass is 32.2. The molecule has 0 aliphatic rings. The van der Waals surface area contributed by atoms with Gasteiger partial charge in [-0.25, -0.2) is 9.59 Å². The van der Waals surface area contributed by atoms with Crippen LogP contribution in [0.3, 0.4) is 0 Å². The first-order valence-corrected chi connectivity index (χ1v) is 13.6. The average Bonchev–Trinajstić information content (AvgIpc) is 2.90. The van der Waals surface area contributed by atoms with Gasteiger partial charge in [-0.2, -0.15) is 8.42 Å². The lowest BCUT2D eigenvalue weighted by Crippen LogP contribution is -2.48. The van der Waals surface area contributed by atoms with E-state index in [-0.39, 0.29) is 18.1 Å². The number of para-hydroxylation sites is 2. The highest BCUT2D eigenvalue weighted by Crippen LogP contribution is 2.11. The summed E-state index contributed by atoms with van der Waals surface area (Å²) in [5.41, 5.74) is 0.956. The monoisotopic (exact) mass is 560 g/mol. The summed E-state index contributed by atoms with van der Waals surface area (Å²) in [6, 6.07) is 23.5. The summed E-state index contributed by atoms with van der Waals surface area (Å²) in [4.78, 5) is 23.4. The van der Waals surface area contributed by atoms with Crippen LogP contribution >= 0.6 is 0 Å². The molecule has 1 N–H and O–H groups in total. The summed E-state index contributed by atoms with van der Waals surface area (Å²) in [5, 5.41) is 0. The zero-order chi connectivity index (χ0) is 28.7. The molecule has 0 aromatic heterocycles. The van der Waals surface area contributed by atoms with Crippen molar-refractivity contribution in [1.82, 2.24) is 0 Å². The maximum Gasteiger partial charge on any atom is 0.514 e. The van der Waals surface area contributed by atoms with E-state index in [1.807, 2.05) is 33.0 Å². The van der Waals surface area contributed by atoms with Gasteiger partial charge in [0.25, 0.3) is 10.1 Å². The van der Waals surface area contributed by atoms with Crippen LogP contribution < -0.4 is 9.47 Å². The molecular formula is C28H34NO9S+. The quantitative estimate of drug-likeness (QED) is 0.155. The number of carbonyl (C=O) groups excluding carboxylic acids is 2. The van der Waals surface area contributed by atoms with E-state index >= 15 is 0 Å². The van der Waals surface area contributed by atoms with Gasteiger partial charge >= 0.3 is 12.3 Å². The van der Waals surface area contributed by atoms with Crippen molar-refractivity contribution in [1.29, 1.82) is 0 Å². The number of aryl methyl sites for hydroxylation is 1. The normalized spacial score (nSPS) is 11.0. The van der Waals surface area contributed by atoms with Crippen LogP contribution in [0.5, 0.6) is 11.5 Å². The standard InChI is InChI=1S/C21H26NO6.C7H8O3S/c1-3-22(2,14-16-25-20(23)27-18-10-6-4-7-11-18)15-17-26-21(24)28-19-12-8-5-9-13-19;1-6-2-4-7(5-3-6)11(8,9)10/h4-13H,3,14-17H2,1-2H3;2-5H,1H3,(H,8,9,10)/q+1;. The molecule has 0 bridgehead atoms. The second-order valence-electron chi connectivity index (χ2n) is 8.70. The molecule has 0 saturated carbocycles. The number of ether oxygens (including phenoxy) is 4. The molecule has 3 aromatic rings. The molecule has 0 radical (unpaired) electrons. The predicted molar refractivity (Wildman–Crippen MR) is 144 cm³/mol. The van der Waals surface area contributed by atoms with E-state index in [4.69, 9.17) is 23.5 Å². The number of carbonyl (C=O) groups is 2. The van der Waals surface area contributed by atoms with E-state index in [1.54, 1.807) is 60.7 Å². The highest BCUT2D eigenvalue weighted by molar-refractivity contribution is 7.85. The molecule has 3 aromatic carbocycles. The Morgan fingerprint density at radius 3 is 1.51 bits per heavy atom. The number of quaternary nitrogens is 1. The molecule has 0 spiro atoms. The summed E-state index contributed by atoms with van der Waals surface area (Å²) in [7, 11) is -2.02. The van der Waals surface area contributed by atoms with Gasteiger partial charge in [0.2, 0.25) is 0 Å². The summed E-state index contributed by atoms with van der Waals surface area (Å²) in [5.74, 6) is 0.871. The van der Waals surface area contributed by atoms with E-state index in [0.29, 0.717) is 29.1 Å². The fourth-order valence-electron chi connectivity index (χ4n) is 3.07. The van der Waals surface area contributed by atoms with Crippen LogP contribution in [0.25, 0.3) is 0 Å². The molecule has 0 saturated heterocycles. The zero-order valence-electron chi connectivity index (χ0n) is 22.2. The van der Waals surface area contributed by atoms with Gasteiger partial charge in [-0.05, 0) is 50.2 Å². The number of rotatable bonds is 10. The molecule has 0 unspecified atom stereocenters. The van der Waals surface area contributed by atoms with Crippen LogP contribution in [0.4, 0.5) is 9.59 Å². The molecule has 3 rings (SSSR count). The maximum atomic E-state index is 11.7. The van der Waals surface area contributed by atoms with Gasteiger partial charge in [-0.1, -0.05) is 54.1 Å². The van der Waals surface area contributed by atoms with Crippen molar-refractivity contribution >= 4 is 22.4 Å². The van der Waals surface area contributed by atoms with Crippen LogP contribution in [0.1, 0.15) is 12.5 Å². The molecule has 0 aliphatic heterocycles. The van der Waals surface area contributed by atoms with Gasteiger partial charge in [0.05, 0.1) is 18.5 Å².